The Labute approximate surface area is 165 Å². The molecule has 1 aliphatic rings. The summed E-state index contributed by atoms with van der Waals surface area (Å²) in [5, 5.41) is 6.16. The molecule has 27 heavy (non-hydrogen) atoms. The molecule has 1 heterocycles. The molecule has 2 aromatic rings. The lowest BCUT2D eigenvalue weighted by atomic mass is 9.99. The van der Waals surface area contributed by atoms with E-state index in [0.717, 1.165) is 31.6 Å². The van der Waals surface area contributed by atoms with Gasteiger partial charge in [0.05, 0.1) is 10.8 Å². The van der Waals surface area contributed by atoms with E-state index in [2.05, 4.69) is 10.6 Å². The predicted octanol–water partition coefficient (Wildman–Crippen LogP) is 3.24. The second-order valence-electron chi connectivity index (χ2n) is 6.40. The third kappa shape index (κ3) is 5.95. The molecule has 3 rings (SSSR count). The van der Waals surface area contributed by atoms with Gasteiger partial charge in [-0.2, -0.15) is 0 Å². The molecule has 1 fully saturated rings. The van der Waals surface area contributed by atoms with E-state index in [-0.39, 0.29) is 29.1 Å². The van der Waals surface area contributed by atoms with Crippen molar-refractivity contribution < 1.29 is 17.9 Å². The minimum Gasteiger partial charge on any atom is -0.457 e. The zero-order chi connectivity index (χ0) is 18.6. The maximum atomic E-state index is 12.2. The Kier molecular flexibility index (Phi) is 7.24. The minimum atomic E-state index is -3.22. The number of hydrogen-bond acceptors (Lipinski definition) is 5. The van der Waals surface area contributed by atoms with Gasteiger partial charge in [0.1, 0.15) is 11.5 Å². The largest absolute Gasteiger partial charge is 0.457 e. The molecule has 1 aliphatic heterocycles. The van der Waals surface area contributed by atoms with Crippen molar-refractivity contribution in [3.63, 3.8) is 0 Å². The lowest BCUT2D eigenvalue weighted by Crippen LogP contribution is -2.37. The topological polar surface area (TPSA) is 84.5 Å². The van der Waals surface area contributed by atoms with E-state index in [1.165, 1.54) is 18.4 Å². The fourth-order valence-corrected chi connectivity index (χ4v) is 3.45. The summed E-state index contributed by atoms with van der Waals surface area (Å²) in [6.07, 6.45) is 3.09. The second kappa shape index (κ2) is 9.21. The molecule has 6 nitrogen and oxygen atoms in total. The van der Waals surface area contributed by atoms with Crippen molar-refractivity contribution in [3.8, 4) is 11.5 Å². The molecular weight excluding hydrogens is 388 g/mol. The van der Waals surface area contributed by atoms with Gasteiger partial charge >= 0.3 is 0 Å². The highest BCUT2D eigenvalue weighted by atomic mass is 35.5. The number of halogens is 1. The third-order valence-electron chi connectivity index (χ3n) is 4.28. The van der Waals surface area contributed by atoms with Gasteiger partial charge in [0.2, 0.25) is 5.91 Å². The highest BCUT2D eigenvalue weighted by Crippen LogP contribution is 2.24. The van der Waals surface area contributed by atoms with Crippen LogP contribution in [-0.2, 0) is 14.6 Å². The molecule has 0 saturated carbocycles. The number of piperidine rings is 1. The van der Waals surface area contributed by atoms with Gasteiger partial charge in [0.25, 0.3) is 0 Å². The van der Waals surface area contributed by atoms with Gasteiger partial charge in [-0.25, -0.2) is 8.42 Å². The molecule has 0 aromatic heterocycles. The third-order valence-corrected chi connectivity index (χ3v) is 5.41. The second-order valence-corrected chi connectivity index (χ2v) is 8.42. The van der Waals surface area contributed by atoms with Gasteiger partial charge in [-0.15, -0.1) is 12.4 Å². The highest BCUT2D eigenvalue weighted by Gasteiger charge is 2.20. The molecule has 1 amide bonds. The maximum absolute atomic E-state index is 12.2. The summed E-state index contributed by atoms with van der Waals surface area (Å²) in [5.74, 6) is 1.19. The molecule has 8 heteroatoms. The van der Waals surface area contributed by atoms with E-state index in [9.17, 15) is 13.2 Å². The van der Waals surface area contributed by atoms with Crippen LogP contribution in [0.3, 0.4) is 0 Å². The van der Waals surface area contributed by atoms with Crippen molar-refractivity contribution in [2.75, 3.05) is 24.7 Å². The van der Waals surface area contributed by atoms with Crippen LogP contribution in [0.1, 0.15) is 12.8 Å². The monoisotopic (exact) mass is 410 g/mol. The summed E-state index contributed by atoms with van der Waals surface area (Å²) in [7, 11) is -3.22. The van der Waals surface area contributed by atoms with Gasteiger partial charge < -0.3 is 15.4 Å². The molecule has 0 bridgehead atoms. The van der Waals surface area contributed by atoms with Crippen molar-refractivity contribution in [3.05, 3.63) is 48.5 Å². The van der Waals surface area contributed by atoms with E-state index in [0.29, 0.717) is 11.5 Å². The molecule has 146 valence electrons. The first-order chi connectivity index (χ1) is 12.4. The Morgan fingerprint density at radius 1 is 1.07 bits per heavy atom. The smallest absolute Gasteiger partial charge is 0.228 e. The first-order valence-electron chi connectivity index (χ1n) is 8.51. The van der Waals surface area contributed by atoms with Crippen LogP contribution in [0.25, 0.3) is 0 Å². The zero-order valence-electron chi connectivity index (χ0n) is 15.0. The minimum absolute atomic E-state index is 0. The molecule has 0 spiro atoms. The quantitative estimate of drug-likeness (QED) is 0.790. The SMILES string of the molecule is CS(=O)(=O)c1ccc(Oc2ccc(NC(=O)C3CCCNC3)cc2)cc1.Cl. The van der Waals surface area contributed by atoms with Crippen molar-refractivity contribution in [2.24, 2.45) is 5.92 Å². The number of nitrogens with one attached hydrogen (secondary N) is 2. The number of amides is 1. The standard InChI is InChI=1S/C19H22N2O4S.ClH/c1-26(23,24)18-10-8-17(9-11-18)25-16-6-4-15(5-7-16)21-19(22)14-3-2-12-20-13-14;/h4-11,14,20H,2-3,12-13H2,1H3,(H,21,22);1H. The van der Waals surface area contributed by atoms with E-state index in [1.54, 1.807) is 36.4 Å². The molecule has 1 saturated heterocycles. The average Bonchev–Trinajstić information content (AvgIpc) is 2.64. The lowest BCUT2D eigenvalue weighted by Gasteiger charge is -2.21. The zero-order valence-corrected chi connectivity index (χ0v) is 16.6. The Morgan fingerprint density at radius 3 is 2.19 bits per heavy atom. The first kappa shape index (κ1) is 21.2. The van der Waals surface area contributed by atoms with Gasteiger partial charge in [-0.3, -0.25) is 4.79 Å². The Hall–Kier alpha value is -2.09. The normalized spacial score (nSPS) is 16.9. The first-order valence-corrected chi connectivity index (χ1v) is 10.4. The Bertz CT molecular complexity index is 862. The van der Waals surface area contributed by atoms with E-state index in [1.807, 2.05) is 0 Å². The highest BCUT2D eigenvalue weighted by molar-refractivity contribution is 7.90. The van der Waals surface area contributed by atoms with Crippen molar-refractivity contribution in [1.29, 1.82) is 0 Å². The number of hydrogen-bond donors (Lipinski definition) is 2. The Balaban J connectivity index is 0.00000261. The van der Waals surface area contributed by atoms with E-state index >= 15 is 0 Å². The predicted molar refractivity (Wildman–Crippen MR) is 108 cm³/mol. The molecule has 2 N–H and O–H groups in total. The van der Waals surface area contributed by atoms with Gasteiger partial charge in [0.15, 0.2) is 9.84 Å². The number of carbonyl (C=O) groups excluding carboxylic acids is 1. The van der Waals surface area contributed by atoms with Crippen LogP contribution in [0, 0.1) is 5.92 Å². The lowest BCUT2D eigenvalue weighted by molar-refractivity contribution is -0.120. The number of ether oxygens (including phenoxy) is 1. The van der Waals surface area contributed by atoms with Crippen LogP contribution in [0.5, 0.6) is 11.5 Å². The molecule has 1 unspecified atom stereocenters. The van der Waals surface area contributed by atoms with E-state index in [4.69, 9.17) is 4.74 Å². The summed E-state index contributed by atoms with van der Waals surface area (Å²) in [5.41, 5.74) is 0.723. The number of carbonyl (C=O) groups is 1. The van der Waals surface area contributed by atoms with E-state index < -0.39 is 9.84 Å². The number of sulfone groups is 1. The molecule has 0 radical (unpaired) electrons. The summed E-state index contributed by atoms with van der Waals surface area (Å²) in [6.45, 7) is 1.69. The molecule has 2 aromatic carbocycles. The van der Waals surface area contributed by atoms with Gasteiger partial charge in [0, 0.05) is 18.5 Å². The van der Waals surface area contributed by atoms with Crippen LogP contribution in [0.4, 0.5) is 5.69 Å². The van der Waals surface area contributed by atoms with Crippen LogP contribution < -0.4 is 15.4 Å². The average molecular weight is 411 g/mol. The van der Waals surface area contributed by atoms with Crippen LogP contribution in [-0.4, -0.2) is 33.7 Å². The number of anilines is 1. The molecular formula is C19H23ClN2O4S. The van der Waals surface area contributed by atoms with Crippen LogP contribution >= 0.6 is 12.4 Å². The van der Waals surface area contributed by atoms with Crippen molar-refractivity contribution >= 4 is 33.8 Å². The fourth-order valence-electron chi connectivity index (χ4n) is 2.82. The van der Waals surface area contributed by atoms with Crippen molar-refractivity contribution in [2.45, 2.75) is 17.7 Å². The Morgan fingerprint density at radius 2 is 1.67 bits per heavy atom. The molecule has 1 atom stereocenters. The van der Waals surface area contributed by atoms with Crippen molar-refractivity contribution in [1.82, 2.24) is 5.32 Å². The number of benzene rings is 2. The van der Waals surface area contributed by atoms with Gasteiger partial charge in [-0.1, -0.05) is 0 Å². The van der Waals surface area contributed by atoms with Crippen LogP contribution in [0.2, 0.25) is 0 Å². The maximum Gasteiger partial charge on any atom is 0.228 e. The number of rotatable bonds is 5. The summed E-state index contributed by atoms with van der Waals surface area (Å²) in [6, 6.07) is 13.3. The summed E-state index contributed by atoms with van der Waals surface area (Å²) in [4.78, 5) is 12.5. The van der Waals surface area contributed by atoms with Gasteiger partial charge in [-0.05, 0) is 67.9 Å². The fraction of sp³-hybridized carbons (Fsp3) is 0.316. The summed E-state index contributed by atoms with van der Waals surface area (Å²) < 4.78 is 28.6. The molecule has 0 aliphatic carbocycles. The summed E-state index contributed by atoms with van der Waals surface area (Å²) >= 11 is 0. The van der Waals surface area contributed by atoms with Crippen LogP contribution in [0.15, 0.2) is 53.4 Å².